The van der Waals surface area contributed by atoms with Crippen LogP contribution in [-0.2, 0) is 11.8 Å². The molecule has 112 valence electrons. The summed E-state index contributed by atoms with van der Waals surface area (Å²) in [5, 5.41) is 5.12. The van der Waals surface area contributed by atoms with Gasteiger partial charge in [-0.1, -0.05) is 38.1 Å². The number of carbonyl (C=O) groups is 1. The van der Waals surface area contributed by atoms with Gasteiger partial charge in [-0.25, -0.2) is 0 Å². The molecule has 0 saturated carbocycles. The van der Waals surface area contributed by atoms with Crippen LogP contribution in [0.1, 0.15) is 34.6 Å². The number of thiophene rings is 1. The molecular weight excluding hydrogens is 280 g/mol. The third-order valence-corrected chi connectivity index (χ3v) is 4.79. The minimum Gasteiger partial charge on any atom is -0.351 e. The highest BCUT2D eigenvalue weighted by atomic mass is 32.1. The SMILES string of the molecule is CC(C)(CNC(=O)c1ccccc1CCN)c1cccs1. The zero-order chi connectivity index (χ0) is 15.3. The predicted octanol–water partition coefficient (Wildman–Crippen LogP) is 2.96. The van der Waals surface area contributed by atoms with Crippen molar-refractivity contribution in [2.45, 2.75) is 25.7 Å². The summed E-state index contributed by atoms with van der Waals surface area (Å²) in [5.74, 6) is -0.0244. The Bertz CT molecular complexity index is 591. The second-order valence-corrected chi connectivity index (χ2v) is 6.69. The van der Waals surface area contributed by atoms with Crippen LogP contribution in [0.3, 0.4) is 0 Å². The van der Waals surface area contributed by atoms with Gasteiger partial charge in [-0.05, 0) is 36.0 Å². The van der Waals surface area contributed by atoms with Gasteiger partial charge in [0.25, 0.3) is 5.91 Å². The first-order valence-corrected chi connectivity index (χ1v) is 8.03. The Kier molecular flexibility index (Phi) is 5.15. The number of hydrogen-bond acceptors (Lipinski definition) is 3. The maximum absolute atomic E-state index is 12.4. The second kappa shape index (κ2) is 6.87. The van der Waals surface area contributed by atoms with E-state index in [1.807, 2.05) is 30.3 Å². The normalized spacial score (nSPS) is 11.4. The molecular formula is C17H22N2OS. The van der Waals surface area contributed by atoms with Crippen molar-refractivity contribution in [1.29, 1.82) is 0 Å². The van der Waals surface area contributed by atoms with E-state index in [1.165, 1.54) is 4.88 Å². The molecule has 0 bridgehead atoms. The molecule has 1 heterocycles. The number of nitrogens with one attached hydrogen (secondary N) is 1. The zero-order valence-electron chi connectivity index (χ0n) is 12.6. The van der Waals surface area contributed by atoms with Gasteiger partial charge in [0, 0.05) is 22.4 Å². The van der Waals surface area contributed by atoms with Gasteiger partial charge in [-0.3, -0.25) is 4.79 Å². The third-order valence-electron chi connectivity index (χ3n) is 3.55. The molecule has 0 aliphatic carbocycles. The standard InChI is InChI=1S/C17H22N2OS/c1-17(2,15-8-5-11-21-15)12-19-16(20)14-7-4-3-6-13(14)9-10-18/h3-8,11H,9-10,12,18H2,1-2H3,(H,19,20). The van der Waals surface area contributed by atoms with Crippen LogP contribution in [0.25, 0.3) is 0 Å². The number of amides is 1. The first-order chi connectivity index (χ1) is 10.0. The molecule has 0 saturated heterocycles. The van der Waals surface area contributed by atoms with E-state index in [0.29, 0.717) is 13.1 Å². The van der Waals surface area contributed by atoms with Crippen LogP contribution >= 0.6 is 11.3 Å². The molecule has 21 heavy (non-hydrogen) atoms. The van der Waals surface area contributed by atoms with Crippen LogP contribution in [0.15, 0.2) is 41.8 Å². The van der Waals surface area contributed by atoms with Crippen LogP contribution in [0, 0.1) is 0 Å². The Morgan fingerprint density at radius 3 is 2.67 bits per heavy atom. The topological polar surface area (TPSA) is 55.1 Å². The Hall–Kier alpha value is -1.65. The van der Waals surface area contributed by atoms with Crippen molar-refractivity contribution in [3.63, 3.8) is 0 Å². The van der Waals surface area contributed by atoms with Gasteiger partial charge >= 0.3 is 0 Å². The quantitative estimate of drug-likeness (QED) is 0.862. The molecule has 4 heteroatoms. The Balaban J connectivity index is 2.05. The largest absolute Gasteiger partial charge is 0.351 e. The molecule has 0 atom stereocenters. The van der Waals surface area contributed by atoms with E-state index in [-0.39, 0.29) is 11.3 Å². The van der Waals surface area contributed by atoms with Crippen molar-refractivity contribution in [3.05, 3.63) is 57.8 Å². The van der Waals surface area contributed by atoms with Gasteiger partial charge < -0.3 is 11.1 Å². The fraction of sp³-hybridized carbons (Fsp3) is 0.353. The molecule has 1 amide bonds. The summed E-state index contributed by atoms with van der Waals surface area (Å²) in [4.78, 5) is 13.7. The zero-order valence-corrected chi connectivity index (χ0v) is 13.4. The maximum Gasteiger partial charge on any atom is 0.251 e. The molecule has 0 fully saturated rings. The van der Waals surface area contributed by atoms with Crippen LogP contribution in [-0.4, -0.2) is 19.0 Å². The van der Waals surface area contributed by atoms with Crippen molar-refractivity contribution >= 4 is 17.2 Å². The molecule has 0 aliphatic heterocycles. The van der Waals surface area contributed by atoms with Crippen molar-refractivity contribution in [3.8, 4) is 0 Å². The third kappa shape index (κ3) is 3.93. The predicted molar refractivity (Wildman–Crippen MR) is 88.9 cm³/mol. The van der Waals surface area contributed by atoms with Crippen LogP contribution in [0.4, 0.5) is 0 Å². The lowest BCUT2D eigenvalue weighted by Gasteiger charge is -2.24. The lowest BCUT2D eigenvalue weighted by Crippen LogP contribution is -2.36. The van der Waals surface area contributed by atoms with E-state index in [2.05, 4.69) is 30.6 Å². The van der Waals surface area contributed by atoms with Gasteiger partial charge in [0.05, 0.1) is 0 Å². The molecule has 0 radical (unpaired) electrons. The summed E-state index contributed by atoms with van der Waals surface area (Å²) in [6.07, 6.45) is 0.720. The van der Waals surface area contributed by atoms with Crippen LogP contribution in [0.5, 0.6) is 0 Å². The van der Waals surface area contributed by atoms with Crippen LogP contribution < -0.4 is 11.1 Å². The molecule has 2 rings (SSSR count). The summed E-state index contributed by atoms with van der Waals surface area (Å²) in [5.41, 5.74) is 7.28. The summed E-state index contributed by atoms with van der Waals surface area (Å²) >= 11 is 1.72. The average molecular weight is 302 g/mol. The van der Waals surface area contributed by atoms with E-state index in [0.717, 1.165) is 17.5 Å². The Labute approximate surface area is 130 Å². The van der Waals surface area contributed by atoms with E-state index in [4.69, 9.17) is 5.73 Å². The highest BCUT2D eigenvalue weighted by molar-refractivity contribution is 7.10. The van der Waals surface area contributed by atoms with Gasteiger partial charge in [-0.2, -0.15) is 0 Å². The smallest absolute Gasteiger partial charge is 0.251 e. The van der Waals surface area contributed by atoms with E-state index < -0.39 is 0 Å². The highest BCUT2D eigenvalue weighted by Crippen LogP contribution is 2.26. The fourth-order valence-corrected chi connectivity index (χ4v) is 3.11. The number of rotatable bonds is 6. The Morgan fingerprint density at radius 2 is 2.00 bits per heavy atom. The van der Waals surface area contributed by atoms with Crippen molar-refractivity contribution in [2.24, 2.45) is 5.73 Å². The maximum atomic E-state index is 12.4. The molecule has 1 aromatic carbocycles. The van der Waals surface area contributed by atoms with Crippen molar-refractivity contribution in [2.75, 3.05) is 13.1 Å². The second-order valence-electron chi connectivity index (χ2n) is 5.74. The van der Waals surface area contributed by atoms with E-state index in [9.17, 15) is 4.79 Å². The minimum absolute atomic E-state index is 0.0244. The number of hydrogen-bond donors (Lipinski definition) is 2. The van der Waals surface area contributed by atoms with Crippen molar-refractivity contribution in [1.82, 2.24) is 5.32 Å². The fourth-order valence-electron chi connectivity index (χ4n) is 2.26. The molecule has 3 nitrogen and oxygen atoms in total. The van der Waals surface area contributed by atoms with E-state index in [1.54, 1.807) is 11.3 Å². The highest BCUT2D eigenvalue weighted by Gasteiger charge is 2.23. The lowest BCUT2D eigenvalue weighted by atomic mass is 9.91. The number of nitrogens with two attached hydrogens (primary N) is 1. The summed E-state index contributed by atoms with van der Waals surface area (Å²) < 4.78 is 0. The molecule has 3 N–H and O–H groups in total. The first kappa shape index (κ1) is 15.7. The lowest BCUT2D eigenvalue weighted by molar-refractivity contribution is 0.0945. The molecule has 2 aromatic rings. The minimum atomic E-state index is -0.0629. The molecule has 0 unspecified atom stereocenters. The molecule has 1 aromatic heterocycles. The van der Waals surface area contributed by atoms with Gasteiger partial charge in [-0.15, -0.1) is 11.3 Å². The average Bonchev–Trinajstić information content (AvgIpc) is 3.01. The Morgan fingerprint density at radius 1 is 1.24 bits per heavy atom. The number of benzene rings is 1. The molecule has 0 aliphatic rings. The van der Waals surface area contributed by atoms with Crippen LogP contribution in [0.2, 0.25) is 0 Å². The summed E-state index contributed by atoms with van der Waals surface area (Å²) in [6.45, 7) is 5.45. The van der Waals surface area contributed by atoms with Crippen molar-refractivity contribution < 1.29 is 4.79 Å². The summed E-state index contributed by atoms with van der Waals surface area (Å²) in [7, 11) is 0. The first-order valence-electron chi connectivity index (χ1n) is 7.15. The summed E-state index contributed by atoms with van der Waals surface area (Å²) in [6, 6.07) is 11.8. The monoisotopic (exact) mass is 302 g/mol. The van der Waals surface area contributed by atoms with Gasteiger partial charge in [0.15, 0.2) is 0 Å². The van der Waals surface area contributed by atoms with Gasteiger partial charge in [0.1, 0.15) is 0 Å². The van der Waals surface area contributed by atoms with E-state index >= 15 is 0 Å². The molecule has 0 spiro atoms. The van der Waals surface area contributed by atoms with Gasteiger partial charge in [0.2, 0.25) is 0 Å². The number of carbonyl (C=O) groups excluding carboxylic acids is 1.